The van der Waals surface area contributed by atoms with Crippen LogP contribution >= 0.6 is 0 Å². The fourth-order valence-corrected chi connectivity index (χ4v) is 2.95. The minimum absolute atomic E-state index is 0.218. The Hall–Kier alpha value is -1.35. The first-order valence-electron chi connectivity index (χ1n) is 8.24. The van der Waals surface area contributed by atoms with Crippen molar-refractivity contribution in [2.24, 2.45) is 5.92 Å². The van der Waals surface area contributed by atoms with Crippen molar-refractivity contribution in [2.45, 2.75) is 46.1 Å². The van der Waals surface area contributed by atoms with E-state index in [0.717, 1.165) is 51.9 Å². The molecule has 1 amide bonds. The van der Waals surface area contributed by atoms with Gasteiger partial charge in [0.1, 0.15) is 0 Å². The van der Waals surface area contributed by atoms with E-state index in [2.05, 4.69) is 48.3 Å². The minimum atomic E-state index is 0.218. The lowest BCUT2D eigenvalue weighted by atomic mass is 9.95. The molecule has 0 aliphatic carbocycles. The monoisotopic (exact) mass is 288 g/mol. The molecule has 0 saturated carbocycles. The molecule has 0 spiro atoms. The van der Waals surface area contributed by atoms with E-state index < -0.39 is 0 Å². The van der Waals surface area contributed by atoms with Crippen molar-refractivity contribution in [1.29, 1.82) is 0 Å². The Morgan fingerprint density at radius 3 is 2.76 bits per heavy atom. The van der Waals surface area contributed by atoms with E-state index in [4.69, 9.17) is 0 Å². The molecule has 1 aliphatic rings. The van der Waals surface area contributed by atoms with Crippen LogP contribution in [-0.2, 0) is 11.3 Å². The molecule has 3 nitrogen and oxygen atoms in total. The van der Waals surface area contributed by atoms with Gasteiger partial charge in [0.15, 0.2) is 0 Å². The normalized spacial score (nSPS) is 16.9. The standard InChI is InChI=1S/C18H28N2O/c1-3-4-10-19-18(21)17-8-11-20(12-9-17)14-16-7-5-6-15(2)13-16/h5-7,13,17H,3-4,8-12,14H2,1-2H3,(H,19,21). The molecule has 2 rings (SSSR count). The molecule has 0 aromatic heterocycles. The summed E-state index contributed by atoms with van der Waals surface area (Å²) >= 11 is 0. The number of nitrogens with zero attached hydrogens (tertiary/aromatic N) is 1. The summed E-state index contributed by atoms with van der Waals surface area (Å²) in [6, 6.07) is 8.70. The number of piperidine rings is 1. The molecule has 0 atom stereocenters. The number of rotatable bonds is 6. The van der Waals surface area contributed by atoms with Gasteiger partial charge in [0.05, 0.1) is 0 Å². The molecule has 1 saturated heterocycles. The molecule has 116 valence electrons. The molecule has 1 N–H and O–H groups in total. The molecular weight excluding hydrogens is 260 g/mol. The smallest absolute Gasteiger partial charge is 0.223 e. The number of amides is 1. The highest BCUT2D eigenvalue weighted by atomic mass is 16.1. The van der Waals surface area contributed by atoms with E-state index in [1.54, 1.807) is 0 Å². The number of nitrogens with one attached hydrogen (secondary N) is 1. The largest absolute Gasteiger partial charge is 0.356 e. The summed E-state index contributed by atoms with van der Waals surface area (Å²) < 4.78 is 0. The molecule has 1 heterocycles. The Labute approximate surface area is 128 Å². The molecule has 1 aromatic carbocycles. The summed E-state index contributed by atoms with van der Waals surface area (Å²) in [6.45, 7) is 8.18. The highest BCUT2D eigenvalue weighted by molar-refractivity contribution is 5.78. The first kappa shape index (κ1) is 16.0. The highest BCUT2D eigenvalue weighted by Gasteiger charge is 2.24. The fraction of sp³-hybridized carbons (Fsp3) is 0.611. The van der Waals surface area contributed by atoms with E-state index in [1.165, 1.54) is 11.1 Å². The third-order valence-electron chi connectivity index (χ3n) is 4.28. The van der Waals surface area contributed by atoms with Gasteiger partial charge in [-0.25, -0.2) is 0 Å². The summed E-state index contributed by atoms with van der Waals surface area (Å²) in [7, 11) is 0. The van der Waals surface area contributed by atoms with Crippen LogP contribution in [0, 0.1) is 12.8 Å². The van der Waals surface area contributed by atoms with Crippen molar-refractivity contribution in [1.82, 2.24) is 10.2 Å². The summed E-state index contributed by atoms with van der Waals surface area (Å²) in [6.07, 6.45) is 4.20. The maximum atomic E-state index is 12.1. The quantitative estimate of drug-likeness (QED) is 0.816. The van der Waals surface area contributed by atoms with Crippen LogP contribution in [0.5, 0.6) is 0 Å². The number of carbonyl (C=O) groups is 1. The van der Waals surface area contributed by atoms with Gasteiger partial charge >= 0.3 is 0 Å². The van der Waals surface area contributed by atoms with Crippen LogP contribution in [0.2, 0.25) is 0 Å². The van der Waals surface area contributed by atoms with Gasteiger partial charge in [-0.1, -0.05) is 43.2 Å². The lowest BCUT2D eigenvalue weighted by Gasteiger charge is -2.31. The Morgan fingerprint density at radius 1 is 1.33 bits per heavy atom. The molecule has 21 heavy (non-hydrogen) atoms. The highest BCUT2D eigenvalue weighted by Crippen LogP contribution is 2.19. The third-order valence-corrected chi connectivity index (χ3v) is 4.28. The average molecular weight is 288 g/mol. The Kier molecular flexibility index (Phi) is 6.24. The second-order valence-electron chi connectivity index (χ2n) is 6.18. The van der Waals surface area contributed by atoms with Crippen molar-refractivity contribution >= 4 is 5.91 Å². The van der Waals surface area contributed by atoms with E-state index in [-0.39, 0.29) is 11.8 Å². The van der Waals surface area contributed by atoms with E-state index in [0.29, 0.717) is 0 Å². The van der Waals surface area contributed by atoms with Crippen molar-refractivity contribution in [3.05, 3.63) is 35.4 Å². The molecular formula is C18H28N2O. The van der Waals surface area contributed by atoms with Crippen molar-refractivity contribution in [3.8, 4) is 0 Å². The first-order valence-corrected chi connectivity index (χ1v) is 8.24. The number of likely N-dealkylation sites (tertiary alicyclic amines) is 1. The van der Waals surface area contributed by atoms with Crippen LogP contribution in [0.1, 0.15) is 43.7 Å². The van der Waals surface area contributed by atoms with Crippen LogP contribution in [-0.4, -0.2) is 30.4 Å². The van der Waals surface area contributed by atoms with Crippen LogP contribution < -0.4 is 5.32 Å². The third kappa shape index (κ3) is 5.16. The predicted octanol–water partition coefficient (Wildman–Crippen LogP) is 3.12. The summed E-state index contributed by atoms with van der Waals surface area (Å²) in [5, 5.41) is 3.07. The van der Waals surface area contributed by atoms with Crippen LogP contribution in [0.3, 0.4) is 0 Å². The topological polar surface area (TPSA) is 32.3 Å². The zero-order valence-electron chi connectivity index (χ0n) is 13.4. The van der Waals surface area contributed by atoms with Crippen molar-refractivity contribution < 1.29 is 4.79 Å². The van der Waals surface area contributed by atoms with Gasteiger partial charge in [0, 0.05) is 19.0 Å². The molecule has 1 aliphatic heterocycles. The van der Waals surface area contributed by atoms with Crippen LogP contribution in [0.15, 0.2) is 24.3 Å². The van der Waals surface area contributed by atoms with Crippen molar-refractivity contribution in [2.75, 3.05) is 19.6 Å². The molecule has 1 aromatic rings. The van der Waals surface area contributed by atoms with Gasteiger partial charge in [-0.05, 0) is 44.8 Å². The molecule has 0 unspecified atom stereocenters. The van der Waals surface area contributed by atoms with Crippen LogP contribution in [0.4, 0.5) is 0 Å². The molecule has 0 bridgehead atoms. The Balaban J connectivity index is 1.74. The first-order chi connectivity index (χ1) is 10.2. The Bertz CT molecular complexity index is 450. The lowest BCUT2D eigenvalue weighted by Crippen LogP contribution is -2.40. The number of unbranched alkanes of at least 4 members (excludes halogenated alkanes) is 1. The van der Waals surface area contributed by atoms with E-state index in [1.807, 2.05) is 0 Å². The van der Waals surface area contributed by atoms with Crippen LogP contribution in [0.25, 0.3) is 0 Å². The van der Waals surface area contributed by atoms with E-state index >= 15 is 0 Å². The molecule has 1 fully saturated rings. The average Bonchev–Trinajstić information content (AvgIpc) is 2.48. The van der Waals surface area contributed by atoms with Gasteiger partial charge in [0.2, 0.25) is 5.91 Å². The van der Waals surface area contributed by atoms with Gasteiger partial charge in [-0.15, -0.1) is 0 Å². The molecule has 3 heteroatoms. The number of benzene rings is 1. The van der Waals surface area contributed by atoms with Crippen molar-refractivity contribution in [3.63, 3.8) is 0 Å². The zero-order valence-corrected chi connectivity index (χ0v) is 13.4. The summed E-state index contributed by atoms with van der Waals surface area (Å²) in [5.74, 6) is 0.481. The number of aryl methyl sites for hydroxylation is 1. The van der Waals surface area contributed by atoms with Gasteiger partial charge in [-0.2, -0.15) is 0 Å². The number of hydrogen-bond donors (Lipinski definition) is 1. The van der Waals surface area contributed by atoms with Gasteiger partial charge in [0.25, 0.3) is 0 Å². The summed E-state index contributed by atoms with van der Waals surface area (Å²) in [5.41, 5.74) is 2.69. The SMILES string of the molecule is CCCCNC(=O)C1CCN(Cc2cccc(C)c2)CC1. The second kappa shape index (κ2) is 8.18. The Morgan fingerprint density at radius 2 is 2.10 bits per heavy atom. The second-order valence-corrected chi connectivity index (χ2v) is 6.18. The summed E-state index contributed by atoms with van der Waals surface area (Å²) in [4.78, 5) is 14.5. The number of hydrogen-bond acceptors (Lipinski definition) is 2. The van der Waals surface area contributed by atoms with E-state index in [9.17, 15) is 4.79 Å². The van der Waals surface area contributed by atoms with Gasteiger partial charge in [-0.3, -0.25) is 9.69 Å². The number of carbonyl (C=O) groups excluding carboxylic acids is 1. The maximum Gasteiger partial charge on any atom is 0.223 e. The zero-order chi connectivity index (χ0) is 15.1. The molecule has 0 radical (unpaired) electrons. The predicted molar refractivity (Wildman–Crippen MR) is 87.1 cm³/mol. The maximum absolute atomic E-state index is 12.1. The lowest BCUT2D eigenvalue weighted by molar-refractivity contribution is -0.126. The minimum Gasteiger partial charge on any atom is -0.356 e. The fourth-order valence-electron chi connectivity index (χ4n) is 2.95. The van der Waals surface area contributed by atoms with Gasteiger partial charge < -0.3 is 5.32 Å².